The Hall–Kier alpha value is -1.69. The Balaban J connectivity index is 1.98. The maximum absolute atomic E-state index is 11.8. The van der Waals surface area contributed by atoms with Crippen LogP contribution in [0.15, 0.2) is 16.1 Å². The fraction of sp³-hybridized carbons (Fsp3) is 0.417. The largest absolute Gasteiger partial charge is 0.460 e. The monoisotopic (exact) mass is 264 g/mol. The van der Waals surface area contributed by atoms with Gasteiger partial charge in [-0.2, -0.15) is 0 Å². The minimum atomic E-state index is -0.428. The van der Waals surface area contributed by atoms with Crippen molar-refractivity contribution >= 4 is 17.3 Å². The molecule has 94 valence electrons. The molecule has 1 aliphatic carbocycles. The van der Waals surface area contributed by atoms with Crippen LogP contribution in [0.25, 0.3) is 10.8 Å². The summed E-state index contributed by atoms with van der Waals surface area (Å²) in [6.45, 7) is 2.11. The van der Waals surface area contributed by atoms with Gasteiger partial charge in [0, 0.05) is 5.92 Å². The van der Waals surface area contributed by atoms with Crippen LogP contribution < -0.4 is 0 Å². The number of aromatic nitrogens is 2. The molecule has 2 heterocycles. The standard InChI is InChI=1S/C12H12N2O3S/c1-2-16-12(15)10-9(7-3-4-7)14-11(17-10)8-5-13-6-18-8/h5-7H,2-4H2,1H3. The van der Waals surface area contributed by atoms with Gasteiger partial charge < -0.3 is 9.15 Å². The number of ether oxygens (including phenoxy) is 1. The molecule has 0 aromatic carbocycles. The molecule has 0 bridgehead atoms. The second kappa shape index (κ2) is 4.53. The van der Waals surface area contributed by atoms with Crippen molar-refractivity contribution < 1.29 is 13.9 Å². The Morgan fingerprint density at radius 1 is 1.61 bits per heavy atom. The van der Waals surface area contributed by atoms with Crippen LogP contribution in [0.2, 0.25) is 0 Å². The third-order valence-corrected chi connectivity index (χ3v) is 3.48. The lowest BCUT2D eigenvalue weighted by Crippen LogP contribution is -2.05. The Morgan fingerprint density at radius 2 is 2.44 bits per heavy atom. The smallest absolute Gasteiger partial charge is 0.376 e. The molecule has 1 fully saturated rings. The zero-order chi connectivity index (χ0) is 12.5. The van der Waals surface area contributed by atoms with E-state index >= 15 is 0 Å². The highest BCUT2D eigenvalue weighted by atomic mass is 32.1. The van der Waals surface area contributed by atoms with Crippen molar-refractivity contribution in [3.05, 3.63) is 23.2 Å². The van der Waals surface area contributed by atoms with Gasteiger partial charge in [0.2, 0.25) is 11.7 Å². The lowest BCUT2D eigenvalue weighted by Gasteiger charge is -1.98. The highest BCUT2D eigenvalue weighted by Crippen LogP contribution is 2.42. The lowest BCUT2D eigenvalue weighted by atomic mass is 10.2. The minimum Gasteiger partial charge on any atom is -0.460 e. The van der Waals surface area contributed by atoms with E-state index in [-0.39, 0.29) is 5.76 Å². The number of carbonyl (C=O) groups excluding carboxylic acids is 1. The maximum Gasteiger partial charge on any atom is 0.376 e. The molecule has 0 atom stereocenters. The van der Waals surface area contributed by atoms with Crippen molar-refractivity contribution in [2.45, 2.75) is 25.7 Å². The summed E-state index contributed by atoms with van der Waals surface area (Å²) < 4.78 is 10.6. The van der Waals surface area contributed by atoms with Gasteiger partial charge in [-0.1, -0.05) is 0 Å². The van der Waals surface area contributed by atoms with Crippen LogP contribution in [0.4, 0.5) is 0 Å². The van der Waals surface area contributed by atoms with E-state index in [2.05, 4.69) is 9.97 Å². The van der Waals surface area contributed by atoms with Crippen molar-refractivity contribution in [1.29, 1.82) is 0 Å². The molecule has 1 aliphatic rings. The number of carbonyl (C=O) groups is 1. The van der Waals surface area contributed by atoms with Gasteiger partial charge in [-0.05, 0) is 19.8 Å². The van der Waals surface area contributed by atoms with E-state index in [1.54, 1.807) is 18.6 Å². The normalized spacial score (nSPS) is 14.7. The van der Waals surface area contributed by atoms with Crippen molar-refractivity contribution in [3.8, 4) is 10.8 Å². The van der Waals surface area contributed by atoms with E-state index in [1.165, 1.54) is 11.3 Å². The topological polar surface area (TPSA) is 65.2 Å². The van der Waals surface area contributed by atoms with Crippen LogP contribution in [0, 0.1) is 0 Å². The summed E-state index contributed by atoms with van der Waals surface area (Å²) in [6.07, 6.45) is 3.80. The molecule has 2 aromatic rings. The summed E-state index contributed by atoms with van der Waals surface area (Å²) in [5.41, 5.74) is 2.44. The number of nitrogens with zero attached hydrogens (tertiary/aromatic N) is 2. The van der Waals surface area contributed by atoms with E-state index in [4.69, 9.17) is 9.15 Å². The maximum atomic E-state index is 11.8. The summed E-state index contributed by atoms with van der Waals surface area (Å²) in [5.74, 6) is 0.627. The number of oxazole rings is 1. The van der Waals surface area contributed by atoms with Gasteiger partial charge in [0.15, 0.2) is 0 Å². The van der Waals surface area contributed by atoms with E-state index in [0.717, 1.165) is 23.4 Å². The summed E-state index contributed by atoms with van der Waals surface area (Å²) >= 11 is 1.44. The Bertz CT molecular complexity index is 558. The number of hydrogen-bond donors (Lipinski definition) is 0. The number of thiazole rings is 1. The number of hydrogen-bond acceptors (Lipinski definition) is 6. The second-order valence-corrected chi connectivity index (χ2v) is 4.98. The van der Waals surface area contributed by atoms with Gasteiger partial charge in [-0.25, -0.2) is 9.78 Å². The van der Waals surface area contributed by atoms with Crippen molar-refractivity contribution in [3.63, 3.8) is 0 Å². The number of rotatable bonds is 4. The third-order valence-electron chi connectivity index (χ3n) is 2.72. The average molecular weight is 264 g/mol. The number of esters is 1. The molecule has 0 N–H and O–H groups in total. The van der Waals surface area contributed by atoms with Crippen LogP contribution in [-0.2, 0) is 4.74 Å². The van der Waals surface area contributed by atoms with Crippen LogP contribution in [-0.4, -0.2) is 22.5 Å². The molecule has 0 aliphatic heterocycles. The van der Waals surface area contributed by atoms with Gasteiger partial charge in [0.05, 0.1) is 24.0 Å². The highest BCUT2D eigenvalue weighted by Gasteiger charge is 2.34. The van der Waals surface area contributed by atoms with Gasteiger partial charge in [0.1, 0.15) is 4.88 Å². The first kappa shape index (κ1) is 11.4. The quantitative estimate of drug-likeness (QED) is 0.794. The third kappa shape index (κ3) is 2.03. The van der Waals surface area contributed by atoms with Gasteiger partial charge >= 0.3 is 5.97 Å². The molecule has 0 spiro atoms. The molecule has 0 radical (unpaired) electrons. The minimum absolute atomic E-state index is 0.253. The predicted molar refractivity (Wildman–Crippen MR) is 65.5 cm³/mol. The Labute approximate surface area is 108 Å². The summed E-state index contributed by atoms with van der Waals surface area (Å²) in [4.78, 5) is 21.0. The summed E-state index contributed by atoms with van der Waals surface area (Å²) in [6, 6.07) is 0. The van der Waals surface area contributed by atoms with Crippen LogP contribution >= 0.6 is 11.3 Å². The van der Waals surface area contributed by atoms with Crippen molar-refractivity contribution in [1.82, 2.24) is 9.97 Å². The molecular weight excluding hydrogens is 252 g/mol. The highest BCUT2D eigenvalue weighted by molar-refractivity contribution is 7.13. The van der Waals surface area contributed by atoms with E-state index < -0.39 is 5.97 Å². The molecule has 0 amide bonds. The molecule has 0 saturated heterocycles. The van der Waals surface area contributed by atoms with E-state index in [1.807, 2.05) is 0 Å². The molecule has 0 unspecified atom stereocenters. The molecule has 3 rings (SSSR count). The molecule has 6 heteroatoms. The van der Waals surface area contributed by atoms with Crippen LogP contribution in [0.1, 0.15) is 41.9 Å². The van der Waals surface area contributed by atoms with Crippen LogP contribution in [0.3, 0.4) is 0 Å². The van der Waals surface area contributed by atoms with Crippen LogP contribution in [0.5, 0.6) is 0 Å². The van der Waals surface area contributed by atoms with Crippen molar-refractivity contribution in [2.75, 3.05) is 6.61 Å². The summed E-state index contributed by atoms with van der Waals surface area (Å²) in [7, 11) is 0. The first-order chi connectivity index (χ1) is 8.79. The molecule has 2 aromatic heterocycles. The fourth-order valence-electron chi connectivity index (χ4n) is 1.74. The molecule has 1 saturated carbocycles. The molecule has 18 heavy (non-hydrogen) atoms. The van der Waals surface area contributed by atoms with Crippen molar-refractivity contribution in [2.24, 2.45) is 0 Å². The average Bonchev–Trinajstić information content (AvgIpc) is 2.92. The molecule has 5 nitrogen and oxygen atoms in total. The SMILES string of the molecule is CCOC(=O)c1oc(-c2cncs2)nc1C1CC1. The zero-order valence-electron chi connectivity index (χ0n) is 9.88. The molecular formula is C12H12N2O3S. The predicted octanol–water partition coefficient (Wildman–Crippen LogP) is 2.85. The van der Waals surface area contributed by atoms with Gasteiger partial charge in [-0.15, -0.1) is 11.3 Å². The van der Waals surface area contributed by atoms with Gasteiger partial charge in [0.25, 0.3) is 0 Å². The Morgan fingerprint density at radius 3 is 3.06 bits per heavy atom. The van der Waals surface area contributed by atoms with E-state index in [0.29, 0.717) is 18.4 Å². The zero-order valence-corrected chi connectivity index (χ0v) is 10.7. The lowest BCUT2D eigenvalue weighted by molar-refractivity contribution is 0.0489. The Kier molecular flexibility index (Phi) is 2.87. The summed E-state index contributed by atoms with van der Waals surface area (Å²) in [5, 5.41) is 0. The second-order valence-electron chi connectivity index (χ2n) is 4.09. The first-order valence-electron chi connectivity index (χ1n) is 5.86. The van der Waals surface area contributed by atoms with Gasteiger partial charge in [-0.3, -0.25) is 4.98 Å². The van der Waals surface area contributed by atoms with E-state index in [9.17, 15) is 4.79 Å². The first-order valence-corrected chi connectivity index (χ1v) is 6.74. The fourth-order valence-corrected chi connectivity index (χ4v) is 2.28.